The first-order chi connectivity index (χ1) is 14.1. The molecule has 0 N–H and O–H groups in total. The number of carbonyl (C=O) groups is 3. The third-order valence-electron chi connectivity index (χ3n) is 2.90. The van der Waals surface area contributed by atoms with Gasteiger partial charge in [0.15, 0.2) is 0 Å². The van der Waals surface area contributed by atoms with Gasteiger partial charge in [-0.1, -0.05) is 19.7 Å². The fourth-order valence-electron chi connectivity index (χ4n) is 1.35. The molecule has 0 aromatic rings. The quantitative estimate of drug-likeness (QED) is 0.167. The second kappa shape index (κ2) is 19.8. The smallest absolute Gasteiger partial charge is 0.333 e. The maximum Gasteiger partial charge on any atom is 0.333 e. The largest absolute Gasteiger partial charge is 0.466 e. The number of ether oxygens (including phenoxy) is 6. The minimum atomic E-state index is -0.420. The van der Waals surface area contributed by atoms with Crippen molar-refractivity contribution >= 4 is 17.9 Å². The molecule has 9 nitrogen and oxygen atoms in total. The zero-order valence-corrected chi connectivity index (χ0v) is 18.5. The molecule has 0 atom stereocenters. The maximum absolute atomic E-state index is 11.0. The van der Waals surface area contributed by atoms with Crippen LogP contribution < -0.4 is 0 Å². The van der Waals surface area contributed by atoms with Gasteiger partial charge in [0.2, 0.25) is 0 Å². The third kappa shape index (κ3) is 20.2. The van der Waals surface area contributed by atoms with E-state index in [2.05, 4.69) is 24.5 Å². The Hall–Kier alpha value is -2.49. The number of hydrogen-bond donors (Lipinski definition) is 0. The molecule has 0 aliphatic carbocycles. The monoisotopic (exact) mass is 430 g/mol. The lowest BCUT2D eigenvalue weighted by Gasteiger charge is -2.08. The lowest BCUT2D eigenvalue weighted by atomic mass is 10.4. The van der Waals surface area contributed by atoms with Crippen molar-refractivity contribution in [2.75, 3.05) is 60.0 Å². The van der Waals surface area contributed by atoms with Crippen molar-refractivity contribution in [3.8, 4) is 0 Å². The summed E-state index contributed by atoms with van der Waals surface area (Å²) in [7, 11) is 1.33. The number of methoxy groups -OCH3 is 1. The van der Waals surface area contributed by atoms with Crippen LogP contribution in [0.3, 0.4) is 0 Å². The molecule has 0 amide bonds. The number of hydrogen-bond acceptors (Lipinski definition) is 9. The zero-order valence-electron chi connectivity index (χ0n) is 18.5. The summed E-state index contributed by atoms with van der Waals surface area (Å²) in [5, 5.41) is 0. The Kier molecular flexibility index (Phi) is 19.6. The summed E-state index contributed by atoms with van der Waals surface area (Å²) >= 11 is 0. The Morgan fingerprint density at radius 1 is 0.533 bits per heavy atom. The van der Waals surface area contributed by atoms with Crippen LogP contribution in [0.2, 0.25) is 0 Å². The van der Waals surface area contributed by atoms with E-state index in [1.54, 1.807) is 20.8 Å². The highest BCUT2D eigenvalue weighted by Crippen LogP contribution is 1.93. The molecule has 0 fully saturated rings. The summed E-state index contributed by atoms with van der Waals surface area (Å²) in [5.41, 5.74) is 1.16. The van der Waals surface area contributed by atoms with Gasteiger partial charge in [-0.15, -0.1) is 0 Å². The second-order valence-electron chi connectivity index (χ2n) is 5.94. The molecule has 9 heteroatoms. The normalized spacial score (nSPS) is 9.60. The van der Waals surface area contributed by atoms with Gasteiger partial charge in [-0.3, -0.25) is 0 Å². The van der Waals surface area contributed by atoms with Crippen LogP contribution in [-0.4, -0.2) is 77.9 Å². The molecule has 0 bridgehead atoms. The number of carbonyl (C=O) groups excluding carboxylic acids is 3. The van der Waals surface area contributed by atoms with Crippen molar-refractivity contribution < 1.29 is 42.8 Å². The average molecular weight is 430 g/mol. The molecule has 172 valence electrons. The summed E-state index contributed by atoms with van der Waals surface area (Å²) in [4.78, 5) is 32.3. The van der Waals surface area contributed by atoms with Gasteiger partial charge in [0.1, 0.15) is 13.2 Å². The number of rotatable bonds is 15. The van der Waals surface area contributed by atoms with Gasteiger partial charge in [0, 0.05) is 16.7 Å². The van der Waals surface area contributed by atoms with E-state index in [0.717, 1.165) is 0 Å². The summed E-state index contributed by atoms with van der Waals surface area (Å²) in [6.45, 7) is 17.7. The highest BCUT2D eigenvalue weighted by molar-refractivity contribution is 5.87. The van der Waals surface area contributed by atoms with E-state index < -0.39 is 11.9 Å². The summed E-state index contributed by atoms with van der Waals surface area (Å²) < 4.78 is 29.7. The highest BCUT2D eigenvalue weighted by atomic mass is 16.6. The molecule has 0 heterocycles. The molecule has 30 heavy (non-hydrogen) atoms. The van der Waals surface area contributed by atoms with Crippen molar-refractivity contribution in [1.82, 2.24) is 0 Å². The number of esters is 3. The molecule has 0 saturated carbocycles. The van der Waals surface area contributed by atoms with Crippen LogP contribution in [0.4, 0.5) is 0 Å². The topological polar surface area (TPSA) is 107 Å². The van der Waals surface area contributed by atoms with Crippen LogP contribution >= 0.6 is 0 Å². The Labute approximate surface area is 178 Å². The lowest BCUT2D eigenvalue weighted by molar-refractivity contribution is -0.141. The van der Waals surface area contributed by atoms with E-state index >= 15 is 0 Å². The lowest BCUT2D eigenvalue weighted by Crippen LogP contribution is -2.15. The van der Waals surface area contributed by atoms with Crippen LogP contribution in [0, 0.1) is 0 Å². The fourth-order valence-corrected chi connectivity index (χ4v) is 1.35. The molecule has 0 saturated heterocycles. The van der Waals surface area contributed by atoms with Crippen molar-refractivity contribution in [3.63, 3.8) is 0 Å². The van der Waals surface area contributed by atoms with E-state index in [1.807, 2.05) is 0 Å². The minimum absolute atomic E-state index is 0.192. The van der Waals surface area contributed by atoms with Crippen LogP contribution in [0.25, 0.3) is 0 Å². The van der Waals surface area contributed by atoms with Crippen LogP contribution in [-0.2, 0) is 42.8 Å². The molecule has 0 rings (SSSR count). The zero-order chi connectivity index (χ0) is 23.4. The predicted molar refractivity (Wildman–Crippen MR) is 111 cm³/mol. The third-order valence-corrected chi connectivity index (χ3v) is 2.90. The SMILES string of the molecule is C=C(C)C(=O)OC.C=C(C)C(=O)OCCOCCOCCOCCOC(=O)C(=C)C. The van der Waals surface area contributed by atoms with Gasteiger partial charge in [-0.25, -0.2) is 14.4 Å². The summed E-state index contributed by atoms with van der Waals surface area (Å²) in [5.74, 6) is -1.19. The first kappa shape index (κ1) is 29.7. The van der Waals surface area contributed by atoms with Gasteiger partial charge in [-0.05, 0) is 20.8 Å². The average Bonchev–Trinajstić information content (AvgIpc) is 2.70. The van der Waals surface area contributed by atoms with Gasteiger partial charge in [0.05, 0.1) is 46.8 Å². The molecule has 0 aliphatic heterocycles. The van der Waals surface area contributed by atoms with Crippen LogP contribution in [0.1, 0.15) is 20.8 Å². The molecule has 0 aliphatic rings. The molecular formula is C21H34O9. The molecule has 0 radical (unpaired) electrons. The van der Waals surface area contributed by atoms with Crippen molar-refractivity contribution in [2.45, 2.75) is 20.8 Å². The van der Waals surface area contributed by atoms with Crippen molar-refractivity contribution in [3.05, 3.63) is 36.5 Å². The van der Waals surface area contributed by atoms with E-state index in [4.69, 9.17) is 23.7 Å². The summed E-state index contributed by atoms with van der Waals surface area (Å²) in [6, 6.07) is 0. The van der Waals surface area contributed by atoms with Gasteiger partial charge in [0.25, 0.3) is 0 Å². The predicted octanol–water partition coefficient (Wildman–Crippen LogP) is 2.01. The van der Waals surface area contributed by atoms with Gasteiger partial charge in [-0.2, -0.15) is 0 Å². The summed E-state index contributed by atoms with van der Waals surface area (Å²) in [6.07, 6.45) is 0. The van der Waals surface area contributed by atoms with Gasteiger partial charge >= 0.3 is 17.9 Å². The highest BCUT2D eigenvalue weighted by Gasteiger charge is 2.02. The molecular weight excluding hydrogens is 396 g/mol. The fraction of sp³-hybridized carbons (Fsp3) is 0.571. The molecule has 0 aromatic heterocycles. The van der Waals surface area contributed by atoms with E-state index in [1.165, 1.54) is 7.11 Å². The molecule has 0 spiro atoms. The Morgan fingerprint density at radius 3 is 1.00 bits per heavy atom. The Balaban J connectivity index is 0. The molecule has 0 unspecified atom stereocenters. The van der Waals surface area contributed by atoms with E-state index in [0.29, 0.717) is 56.4 Å². The maximum atomic E-state index is 11.0. The van der Waals surface area contributed by atoms with Gasteiger partial charge < -0.3 is 28.4 Å². The van der Waals surface area contributed by atoms with E-state index in [-0.39, 0.29) is 19.2 Å². The Bertz CT molecular complexity index is 531. The van der Waals surface area contributed by atoms with Crippen LogP contribution in [0.5, 0.6) is 0 Å². The molecule has 0 aromatic carbocycles. The Morgan fingerprint density at radius 2 is 0.800 bits per heavy atom. The first-order valence-electron chi connectivity index (χ1n) is 9.25. The van der Waals surface area contributed by atoms with Crippen molar-refractivity contribution in [2.24, 2.45) is 0 Å². The standard InChI is InChI=1S/C16H26O7.C5H8O2/c1-13(2)15(17)22-11-9-20-7-5-19-6-8-21-10-12-23-16(18)14(3)4;1-4(2)5(6)7-3/h1,3,5-12H2,2,4H3;1H2,2-3H3. The van der Waals surface area contributed by atoms with E-state index in [9.17, 15) is 14.4 Å². The second-order valence-corrected chi connectivity index (χ2v) is 5.94. The minimum Gasteiger partial charge on any atom is -0.466 e. The van der Waals surface area contributed by atoms with Crippen LogP contribution in [0.15, 0.2) is 36.5 Å². The first-order valence-corrected chi connectivity index (χ1v) is 9.25. The van der Waals surface area contributed by atoms with Crippen molar-refractivity contribution in [1.29, 1.82) is 0 Å².